The van der Waals surface area contributed by atoms with Crippen LogP contribution in [0.15, 0.2) is 60.7 Å². The van der Waals surface area contributed by atoms with Gasteiger partial charge in [0.05, 0.1) is 11.4 Å². The molecule has 1 unspecified atom stereocenters. The summed E-state index contributed by atoms with van der Waals surface area (Å²) < 4.78 is 26.2. The Morgan fingerprint density at radius 1 is 0.882 bits per heavy atom. The third kappa shape index (κ3) is 3.13. The molecule has 0 bridgehead atoms. The molecule has 0 N–H and O–H groups in total. The Kier molecular flexibility index (Phi) is 3.87. The zero-order chi connectivity index (χ0) is 12.1. The topological polar surface area (TPSA) is 52.6 Å². The molecule has 0 radical (unpaired) electrons. The van der Waals surface area contributed by atoms with Crippen LogP contribution >= 0.6 is 0 Å². The quantitative estimate of drug-likeness (QED) is 0.616. The highest BCUT2D eigenvalue weighted by Crippen LogP contribution is 2.25. The van der Waals surface area contributed by atoms with Crippen molar-refractivity contribution in [2.75, 3.05) is 5.06 Å². The van der Waals surface area contributed by atoms with E-state index >= 15 is 0 Å². The number of hydrogen-bond acceptors (Lipinski definition) is 4. The summed E-state index contributed by atoms with van der Waals surface area (Å²) in [5.74, 6) is 0. The first-order valence-corrected chi connectivity index (χ1v) is 5.95. The zero-order valence-electron chi connectivity index (χ0n) is 8.85. The Balaban J connectivity index is 2.36. The van der Waals surface area contributed by atoms with Crippen LogP contribution in [0.25, 0.3) is 0 Å². The fraction of sp³-hybridized carbons (Fsp3) is 0. The highest BCUT2D eigenvalue weighted by atomic mass is 32.2. The van der Waals surface area contributed by atoms with E-state index in [2.05, 4.69) is 0 Å². The number of rotatable bonds is 4. The minimum atomic E-state index is -2.62. The van der Waals surface area contributed by atoms with Crippen LogP contribution in [0.5, 0.6) is 0 Å². The second-order valence-electron chi connectivity index (χ2n) is 3.24. The molecule has 88 valence electrons. The van der Waals surface area contributed by atoms with Gasteiger partial charge in [0.15, 0.2) is 0 Å². The molecule has 2 aromatic carbocycles. The molecule has 0 fully saturated rings. The summed E-state index contributed by atoms with van der Waals surface area (Å²) in [6.45, 7) is 0. The van der Waals surface area contributed by atoms with Crippen LogP contribution in [0.3, 0.4) is 0 Å². The first-order valence-electron chi connectivity index (χ1n) is 4.95. The average molecular weight is 248 g/mol. The molecule has 0 aliphatic carbocycles. The fourth-order valence-electron chi connectivity index (χ4n) is 1.42. The highest BCUT2D eigenvalue weighted by molar-refractivity contribution is 7.74. The van der Waals surface area contributed by atoms with E-state index < -0.39 is 11.4 Å². The molecule has 0 saturated heterocycles. The lowest BCUT2D eigenvalue weighted by molar-refractivity contribution is 0.305. The smallest absolute Gasteiger partial charge is 0.113 e. The Bertz CT molecular complexity index is 450. The van der Waals surface area contributed by atoms with Gasteiger partial charge in [-0.2, -0.15) is 4.28 Å². The van der Waals surface area contributed by atoms with Crippen molar-refractivity contribution in [2.45, 2.75) is 0 Å². The Morgan fingerprint density at radius 2 is 1.29 bits per heavy atom. The van der Waals surface area contributed by atoms with Crippen LogP contribution in [-0.2, 0) is 15.6 Å². The summed E-state index contributed by atoms with van der Waals surface area (Å²) >= 11 is -2.62. The number of hydrogen-bond donors (Lipinski definition) is 0. The number of anilines is 2. The average Bonchev–Trinajstić information content (AvgIpc) is 2.38. The van der Waals surface area contributed by atoms with Crippen LogP contribution < -0.4 is 5.06 Å². The van der Waals surface area contributed by atoms with Crippen molar-refractivity contribution in [3.8, 4) is 0 Å². The molecule has 0 spiro atoms. The van der Waals surface area contributed by atoms with Crippen LogP contribution in [0.4, 0.5) is 11.4 Å². The van der Waals surface area contributed by atoms with E-state index in [0.29, 0.717) is 11.4 Å². The zero-order valence-corrected chi connectivity index (χ0v) is 9.67. The van der Waals surface area contributed by atoms with Gasteiger partial charge in [0.1, 0.15) is 11.4 Å². The predicted molar refractivity (Wildman–Crippen MR) is 65.0 cm³/mol. The minimum absolute atomic E-state index is 0.642. The molecule has 5 heteroatoms. The van der Waals surface area contributed by atoms with Crippen molar-refractivity contribution >= 4 is 22.7 Å². The van der Waals surface area contributed by atoms with E-state index in [-0.39, 0.29) is 0 Å². The van der Waals surface area contributed by atoms with Gasteiger partial charge in [0.25, 0.3) is 0 Å². The fourth-order valence-corrected chi connectivity index (χ4v) is 1.72. The van der Waals surface area contributed by atoms with E-state index in [1.165, 1.54) is 5.06 Å². The summed E-state index contributed by atoms with van der Waals surface area (Å²) in [5, 5.41) is 1.25. The summed E-state index contributed by atoms with van der Waals surface area (Å²) in [6, 6.07) is 18.0. The van der Waals surface area contributed by atoms with E-state index in [1.54, 1.807) is 24.3 Å². The molecule has 0 heterocycles. The maximum atomic E-state index is 10.7. The van der Waals surface area contributed by atoms with Crippen LogP contribution in [-0.4, -0.2) is 8.76 Å². The second-order valence-corrected chi connectivity index (χ2v) is 3.80. The van der Waals surface area contributed by atoms with Gasteiger partial charge in [0.2, 0.25) is 0 Å². The van der Waals surface area contributed by atoms with Crippen molar-refractivity contribution in [3.05, 3.63) is 60.7 Å². The van der Waals surface area contributed by atoms with E-state index in [0.717, 1.165) is 0 Å². The van der Waals surface area contributed by atoms with Gasteiger partial charge in [-0.25, -0.2) is 9.27 Å². The Labute approximate surface area is 102 Å². The molecule has 0 saturated carbocycles. The molecule has 4 nitrogen and oxygen atoms in total. The van der Waals surface area contributed by atoms with E-state index in [9.17, 15) is 8.76 Å². The lowest BCUT2D eigenvalue weighted by atomic mass is 10.2. The SMILES string of the molecule is O=S([O-])ON(c1ccccc1)c1ccccc1. The van der Waals surface area contributed by atoms with Crippen molar-refractivity contribution in [1.82, 2.24) is 0 Å². The summed E-state index contributed by atoms with van der Waals surface area (Å²) in [4.78, 5) is 0. The molecule has 0 aliphatic heterocycles. The van der Waals surface area contributed by atoms with Crippen LogP contribution in [0.2, 0.25) is 0 Å². The minimum Gasteiger partial charge on any atom is -0.748 e. The molecule has 17 heavy (non-hydrogen) atoms. The third-order valence-electron chi connectivity index (χ3n) is 2.12. The lowest BCUT2D eigenvalue weighted by Crippen LogP contribution is -2.18. The molecule has 0 amide bonds. The Morgan fingerprint density at radius 3 is 1.65 bits per heavy atom. The van der Waals surface area contributed by atoms with Crippen molar-refractivity contribution in [3.63, 3.8) is 0 Å². The first kappa shape index (κ1) is 11.8. The summed E-state index contributed by atoms with van der Waals surface area (Å²) in [6.07, 6.45) is 0. The highest BCUT2D eigenvalue weighted by Gasteiger charge is 2.09. The maximum absolute atomic E-state index is 10.7. The molecular formula is C12H10NO3S-. The predicted octanol–water partition coefficient (Wildman–Crippen LogP) is 2.55. The van der Waals surface area contributed by atoms with Gasteiger partial charge in [0, 0.05) is 0 Å². The van der Waals surface area contributed by atoms with Crippen molar-refractivity contribution < 1.29 is 13.0 Å². The number of para-hydroxylation sites is 2. The number of nitrogens with zero attached hydrogens (tertiary/aromatic N) is 1. The second kappa shape index (κ2) is 5.58. The molecule has 0 aromatic heterocycles. The van der Waals surface area contributed by atoms with Gasteiger partial charge in [-0.3, -0.25) is 0 Å². The van der Waals surface area contributed by atoms with Gasteiger partial charge in [-0.1, -0.05) is 36.4 Å². The standard InChI is InChI=1S/C12H11NO3S/c14-17(15)16-13(11-7-3-1-4-8-11)12-9-5-2-6-10-12/h1-10H,(H,14,15)/p-1. The molecule has 2 rings (SSSR count). The molecule has 1 atom stereocenters. The van der Waals surface area contributed by atoms with Crippen LogP contribution in [0.1, 0.15) is 0 Å². The van der Waals surface area contributed by atoms with Crippen molar-refractivity contribution in [2.24, 2.45) is 0 Å². The third-order valence-corrected chi connectivity index (χ3v) is 2.39. The summed E-state index contributed by atoms with van der Waals surface area (Å²) in [7, 11) is 0. The van der Waals surface area contributed by atoms with Gasteiger partial charge in [-0.05, 0) is 24.3 Å². The number of benzene rings is 2. The van der Waals surface area contributed by atoms with Gasteiger partial charge < -0.3 is 4.55 Å². The van der Waals surface area contributed by atoms with E-state index in [4.69, 9.17) is 4.28 Å². The van der Waals surface area contributed by atoms with Crippen molar-refractivity contribution in [1.29, 1.82) is 0 Å². The summed E-state index contributed by atoms with van der Waals surface area (Å²) in [5.41, 5.74) is 1.28. The van der Waals surface area contributed by atoms with Gasteiger partial charge in [-0.15, -0.1) is 0 Å². The molecule has 2 aromatic rings. The van der Waals surface area contributed by atoms with Crippen LogP contribution in [0, 0.1) is 0 Å². The van der Waals surface area contributed by atoms with E-state index in [1.807, 2.05) is 36.4 Å². The van der Waals surface area contributed by atoms with Gasteiger partial charge >= 0.3 is 0 Å². The maximum Gasteiger partial charge on any atom is 0.113 e. The normalized spacial score (nSPS) is 12.1. The molecular weight excluding hydrogens is 238 g/mol. The monoisotopic (exact) mass is 248 g/mol. The molecule has 0 aliphatic rings. The lowest BCUT2D eigenvalue weighted by Gasteiger charge is -2.23. The first-order chi connectivity index (χ1) is 8.27. The Hall–Kier alpha value is -1.69. The largest absolute Gasteiger partial charge is 0.748 e.